The highest BCUT2D eigenvalue weighted by Gasteiger charge is 2.29. The fourth-order valence-electron chi connectivity index (χ4n) is 4.13. The van der Waals surface area contributed by atoms with Crippen molar-refractivity contribution >= 4 is 22.0 Å². The van der Waals surface area contributed by atoms with E-state index in [4.69, 9.17) is 4.74 Å². The molecule has 0 heterocycles. The average Bonchev–Trinajstić information content (AvgIpc) is 3.09. The monoisotopic (exact) mass is 481 g/mol. The van der Waals surface area contributed by atoms with Crippen molar-refractivity contribution in [1.82, 2.24) is 5.32 Å². The molecule has 0 spiro atoms. The molecule has 0 fully saturated rings. The molecule has 1 aliphatic rings. The molecule has 2 atom stereocenters. The summed E-state index contributed by atoms with van der Waals surface area (Å²) in [4.78, 5) is 12.3. The van der Waals surface area contributed by atoms with Crippen LogP contribution in [0.4, 0.5) is 4.79 Å². The number of aryl methyl sites for hydroxylation is 1. The number of carbonyl (C=O) groups excluding carboxylic acids is 1. The molecule has 0 saturated carbocycles. The van der Waals surface area contributed by atoms with E-state index in [2.05, 4.69) is 45.5 Å². The molecule has 0 aromatic heterocycles. The van der Waals surface area contributed by atoms with Gasteiger partial charge < -0.3 is 20.3 Å². The second-order valence-corrected chi connectivity index (χ2v) is 8.64. The fraction of sp³-hybridized carbons (Fsp3) is 0.240. The van der Waals surface area contributed by atoms with E-state index in [1.165, 1.54) is 0 Å². The van der Waals surface area contributed by atoms with Gasteiger partial charge in [-0.15, -0.1) is 0 Å². The SMILES string of the molecule is Cc1cc(Br)ccc1C(O)C(O)CNC(=O)OCC1c2ccccc2-c2ccccc21. The third-order valence-electron chi connectivity index (χ3n) is 5.71. The van der Waals surface area contributed by atoms with E-state index in [-0.39, 0.29) is 19.1 Å². The lowest BCUT2D eigenvalue weighted by Crippen LogP contribution is -2.36. The van der Waals surface area contributed by atoms with E-state index in [1.807, 2.05) is 37.3 Å². The number of hydrogen-bond donors (Lipinski definition) is 3. The summed E-state index contributed by atoms with van der Waals surface area (Å²) in [6, 6.07) is 21.7. The largest absolute Gasteiger partial charge is 0.449 e. The summed E-state index contributed by atoms with van der Waals surface area (Å²) in [5.41, 5.74) is 6.06. The Labute approximate surface area is 189 Å². The van der Waals surface area contributed by atoms with E-state index in [1.54, 1.807) is 12.1 Å². The molecule has 0 saturated heterocycles. The quantitative estimate of drug-likeness (QED) is 0.477. The molecule has 3 aromatic carbocycles. The first-order valence-electron chi connectivity index (χ1n) is 10.2. The molecule has 1 aliphatic carbocycles. The molecule has 2 unspecified atom stereocenters. The molecule has 3 N–H and O–H groups in total. The van der Waals surface area contributed by atoms with Crippen LogP contribution in [0.5, 0.6) is 0 Å². The molecule has 3 aromatic rings. The molecule has 0 aliphatic heterocycles. The number of amides is 1. The van der Waals surface area contributed by atoms with Gasteiger partial charge in [0.05, 0.1) is 0 Å². The van der Waals surface area contributed by atoms with Crippen LogP contribution < -0.4 is 5.32 Å². The van der Waals surface area contributed by atoms with Crippen molar-refractivity contribution in [1.29, 1.82) is 0 Å². The molecular weight excluding hydrogens is 458 g/mol. The topological polar surface area (TPSA) is 78.8 Å². The lowest BCUT2D eigenvalue weighted by atomic mass is 9.98. The van der Waals surface area contributed by atoms with Gasteiger partial charge in [0, 0.05) is 16.9 Å². The van der Waals surface area contributed by atoms with Crippen molar-refractivity contribution in [3.05, 3.63) is 93.5 Å². The third-order valence-corrected chi connectivity index (χ3v) is 6.21. The fourth-order valence-corrected chi connectivity index (χ4v) is 4.60. The lowest BCUT2D eigenvalue weighted by molar-refractivity contribution is 0.0182. The number of benzene rings is 3. The van der Waals surface area contributed by atoms with Crippen LogP contribution in [-0.2, 0) is 4.74 Å². The maximum atomic E-state index is 12.3. The molecule has 5 nitrogen and oxygen atoms in total. The minimum Gasteiger partial charge on any atom is -0.449 e. The zero-order chi connectivity index (χ0) is 22.0. The van der Waals surface area contributed by atoms with Crippen LogP contribution in [0, 0.1) is 6.92 Å². The predicted molar refractivity (Wildman–Crippen MR) is 123 cm³/mol. The van der Waals surface area contributed by atoms with Crippen LogP contribution in [-0.4, -0.2) is 35.6 Å². The molecule has 1 amide bonds. The van der Waals surface area contributed by atoms with Gasteiger partial charge in [-0.3, -0.25) is 0 Å². The van der Waals surface area contributed by atoms with Crippen molar-refractivity contribution in [3.63, 3.8) is 0 Å². The van der Waals surface area contributed by atoms with Crippen LogP contribution in [0.1, 0.15) is 34.3 Å². The number of alkyl carbamates (subject to hydrolysis) is 1. The van der Waals surface area contributed by atoms with Gasteiger partial charge in [0.1, 0.15) is 18.8 Å². The number of aliphatic hydroxyl groups is 2. The Bertz CT molecular complexity index is 1050. The van der Waals surface area contributed by atoms with E-state index >= 15 is 0 Å². The van der Waals surface area contributed by atoms with Crippen LogP contribution in [0.3, 0.4) is 0 Å². The first-order valence-corrected chi connectivity index (χ1v) is 11.0. The van der Waals surface area contributed by atoms with Crippen molar-refractivity contribution in [2.24, 2.45) is 0 Å². The predicted octanol–water partition coefficient (Wildman–Crippen LogP) is 4.69. The summed E-state index contributed by atoms with van der Waals surface area (Å²) in [5, 5.41) is 23.3. The highest BCUT2D eigenvalue weighted by molar-refractivity contribution is 9.10. The van der Waals surface area contributed by atoms with E-state index < -0.39 is 18.3 Å². The number of hydrogen-bond acceptors (Lipinski definition) is 4. The number of ether oxygens (including phenoxy) is 1. The standard InChI is InChI=1S/C25H24BrNO4/c1-15-12-16(26)10-11-17(15)24(29)23(28)13-27-25(30)31-14-22-20-8-4-2-6-18(20)19-7-3-5-9-21(19)22/h2-12,22-24,28-29H,13-14H2,1H3,(H,27,30). The maximum absolute atomic E-state index is 12.3. The first kappa shape index (κ1) is 21.6. The Morgan fingerprint density at radius 2 is 1.65 bits per heavy atom. The van der Waals surface area contributed by atoms with E-state index in [0.29, 0.717) is 5.56 Å². The molecular formula is C25H24BrNO4. The maximum Gasteiger partial charge on any atom is 0.407 e. The Morgan fingerprint density at radius 3 is 2.26 bits per heavy atom. The number of rotatable bonds is 6. The number of halogens is 1. The summed E-state index contributed by atoms with van der Waals surface area (Å²) in [7, 11) is 0. The third kappa shape index (κ3) is 4.51. The Balaban J connectivity index is 1.35. The summed E-state index contributed by atoms with van der Waals surface area (Å²) in [6.45, 7) is 1.94. The minimum atomic E-state index is -1.15. The summed E-state index contributed by atoms with van der Waals surface area (Å²) >= 11 is 3.38. The molecule has 0 bridgehead atoms. The smallest absolute Gasteiger partial charge is 0.407 e. The van der Waals surface area contributed by atoms with Crippen molar-refractivity contribution in [2.45, 2.75) is 25.0 Å². The van der Waals surface area contributed by atoms with E-state index in [9.17, 15) is 15.0 Å². The Morgan fingerprint density at radius 1 is 1.03 bits per heavy atom. The molecule has 31 heavy (non-hydrogen) atoms. The highest BCUT2D eigenvalue weighted by atomic mass is 79.9. The number of aliphatic hydroxyl groups excluding tert-OH is 2. The second kappa shape index (κ2) is 9.22. The van der Waals surface area contributed by atoms with Crippen molar-refractivity contribution in [2.75, 3.05) is 13.2 Å². The minimum absolute atomic E-state index is 0.0286. The lowest BCUT2D eigenvalue weighted by Gasteiger charge is -2.21. The Hall–Kier alpha value is -2.67. The number of nitrogens with one attached hydrogen (secondary N) is 1. The van der Waals surface area contributed by atoms with Crippen LogP contribution >= 0.6 is 15.9 Å². The van der Waals surface area contributed by atoms with Gasteiger partial charge in [0.2, 0.25) is 0 Å². The van der Waals surface area contributed by atoms with Crippen molar-refractivity contribution in [3.8, 4) is 11.1 Å². The average molecular weight is 482 g/mol. The van der Waals surface area contributed by atoms with Gasteiger partial charge in [0.25, 0.3) is 0 Å². The molecule has 0 radical (unpaired) electrons. The van der Waals surface area contributed by atoms with Gasteiger partial charge in [0.15, 0.2) is 0 Å². The summed E-state index contributed by atoms with van der Waals surface area (Å²) in [5.74, 6) is -0.0286. The van der Waals surface area contributed by atoms with Gasteiger partial charge in [-0.2, -0.15) is 0 Å². The van der Waals surface area contributed by atoms with Crippen molar-refractivity contribution < 1.29 is 19.7 Å². The van der Waals surface area contributed by atoms with Crippen LogP contribution in [0.2, 0.25) is 0 Å². The van der Waals surface area contributed by atoms with Gasteiger partial charge in [-0.25, -0.2) is 4.79 Å². The zero-order valence-corrected chi connectivity index (χ0v) is 18.7. The highest BCUT2D eigenvalue weighted by Crippen LogP contribution is 2.44. The summed E-state index contributed by atoms with van der Waals surface area (Å²) in [6.07, 6.45) is -2.89. The summed E-state index contributed by atoms with van der Waals surface area (Å²) < 4.78 is 6.36. The van der Waals surface area contributed by atoms with Gasteiger partial charge in [-0.1, -0.05) is 70.5 Å². The van der Waals surface area contributed by atoms with Crippen LogP contribution in [0.25, 0.3) is 11.1 Å². The molecule has 4 rings (SSSR count). The molecule has 6 heteroatoms. The molecule has 160 valence electrons. The normalized spacial score (nSPS) is 14.5. The number of carbonyl (C=O) groups is 1. The van der Waals surface area contributed by atoms with E-state index in [0.717, 1.165) is 32.3 Å². The Kier molecular flexibility index (Phi) is 6.41. The van der Waals surface area contributed by atoms with Gasteiger partial charge >= 0.3 is 6.09 Å². The first-order chi connectivity index (χ1) is 15.0. The number of fused-ring (bicyclic) bond motifs is 3. The second-order valence-electron chi connectivity index (χ2n) is 7.72. The zero-order valence-electron chi connectivity index (χ0n) is 17.1. The van der Waals surface area contributed by atoms with Gasteiger partial charge in [-0.05, 0) is 52.4 Å². The van der Waals surface area contributed by atoms with Crippen LogP contribution in [0.15, 0.2) is 71.2 Å².